The van der Waals surface area contributed by atoms with Crippen LogP contribution in [0.25, 0.3) is 11.2 Å². The standard InChI is InChI=1S/C36H28ClFN4O4/c37-32-30-33(40-22-39-32)42(23-41-30)34-29(38)31(46-35(43)24-13-5-1-6-14-24)28(45-34)21-44-36(25-15-7-2-8-16-25,26-17-9-3-10-18-26)27-19-11-4-12-20-27/h1-20,22-23,28-29,31,34H,21H2. The summed E-state index contributed by atoms with van der Waals surface area (Å²) >= 11 is 6.23. The number of fused-ring (bicyclic) bond motifs is 1. The van der Waals surface area contributed by atoms with E-state index < -0.39 is 36.2 Å². The van der Waals surface area contributed by atoms with E-state index >= 15 is 4.39 Å². The Balaban J connectivity index is 1.29. The van der Waals surface area contributed by atoms with Crippen molar-refractivity contribution in [3.05, 3.63) is 161 Å². The number of hydrogen-bond donors (Lipinski definition) is 0. The van der Waals surface area contributed by atoms with Crippen molar-refractivity contribution in [1.29, 1.82) is 0 Å². The van der Waals surface area contributed by atoms with Gasteiger partial charge in [0, 0.05) is 0 Å². The van der Waals surface area contributed by atoms with Crippen LogP contribution in [0.4, 0.5) is 4.39 Å². The van der Waals surface area contributed by atoms with Crippen molar-refractivity contribution in [2.75, 3.05) is 6.61 Å². The molecule has 0 amide bonds. The van der Waals surface area contributed by atoms with Crippen LogP contribution in [-0.2, 0) is 19.8 Å². The average Bonchev–Trinajstić information content (AvgIpc) is 3.68. The Hall–Kier alpha value is -4.96. The van der Waals surface area contributed by atoms with Crippen molar-refractivity contribution in [1.82, 2.24) is 19.5 Å². The van der Waals surface area contributed by atoms with E-state index in [1.165, 1.54) is 17.2 Å². The highest BCUT2D eigenvalue weighted by atomic mass is 35.5. The minimum Gasteiger partial charge on any atom is -0.453 e. The third kappa shape index (κ3) is 5.43. The summed E-state index contributed by atoms with van der Waals surface area (Å²) in [5, 5.41) is 0.127. The van der Waals surface area contributed by atoms with E-state index in [1.54, 1.807) is 30.3 Å². The molecule has 2 aromatic heterocycles. The fourth-order valence-corrected chi connectivity index (χ4v) is 6.12. The number of benzene rings is 4. The summed E-state index contributed by atoms with van der Waals surface area (Å²) < 4.78 is 37.2. The number of carbonyl (C=O) groups is 1. The Morgan fingerprint density at radius 3 is 1.91 bits per heavy atom. The van der Waals surface area contributed by atoms with Crippen LogP contribution in [0.15, 0.2) is 134 Å². The van der Waals surface area contributed by atoms with Crippen LogP contribution in [-0.4, -0.2) is 50.5 Å². The van der Waals surface area contributed by atoms with Crippen molar-refractivity contribution in [3.63, 3.8) is 0 Å². The zero-order chi connectivity index (χ0) is 31.5. The monoisotopic (exact) mass is 634 g/mol. The molecule has 1 aliphatic heterocycles. The highest BCUT2D eigenvalue weighted by molar-refractivity contribution is 6.33. The molecule has 7 rings (SSSR count). The largest absolute Gasteiger partial charge is 0.453 e. The van der Waals surface area contributed by atoms with Crippen LogP contribution in [0.1, 0.15) is 33.3 Å². The number of alkyl halides is 1. The fraction of sp³-hybridized carbons (Fsp3) is 0.167. The van der Waals surface area contributed by atoms with Gasteiger partial charge in [-0.05, 0) is 28.8 Å². The van der Waals surface area contributed by atoms with Gasteiger partial charge in [-0.3, -0.25) is 4.57 Å². The fourth-order valence-electron chi connectivity index (χ4n) is 5.94. The molecule has 0 spiro atoms. The Kier molecular flexibility index (Phi) is 8.28. The van der Waals surface area contributed by atoms with Gasteiger partial charge in [0.05, 0.1) is 18.5 Å². The third-order valence-corrected chi connectivity index (χ3v) is 8.39. The molecule has 4 aromatic carbocycles. The lowest BCUT2D eigenvalue weighted by Crippen LogP contribution is -2.41. The number of esters is 1. The minimum atomic E-state index is -1.80. The highest BCUT2D eigenvalue weighted by Crippen LogP contribution is 2.43. The predicted molar refractivity (Wildman–Crippen MR) is 170 cm³/mol. The molecule has 46 heavy (non-hydrogen) atoms. The van der Waals surface area contributed by atoms with Gasteiger partial charge < -0.3 is 14.2 Å². The van der Waals surface area contributed by atoms with E-state index in [9.17, 15) is 4.79 Å². The maximum absolute atomic E-state index is 16.6. The number of rotatable bonds is 9. The molecule has 0 saturated carbocycles. The number of ether oxygens (including phenoxy) is 3. The molecule has 1 fully saturated rings. The van der Waals surface area contributed by atoms with Gasteiger partial charge in [-0.1, -0.05) is 121 Å². The normalized spacial score (nSPS) is 19.7. The lowest BCUT2D eigenvalue weighted by molar-refractivity contribution is -0.0957. The molecule has 0 radical (unpaired) electrons. The van der Waals surface area contributed by atoms with Crippen LogP contribution in [0.5, 0.6) is 0 Å². The first-order valence-corrected chi connectivity index (χ1v) is 15.1. The van der Waals surface area contributed by atoms with Gasteiger partial charge in [-0.2, -0.15) is 0 Å². The zero-order valence-electron chi connectivity index (χ0n) is 24.4. The minimum absolute atomic E-state index is 0.127. The maximum atomic E-state index is 16.6. The summed E-state index contributed by atoms with van der Waals surface area (Å²) in [6.07, 6.45) is -2.72. The molecular formula is C36H28ClFN4O4. The van der Waals surface area contributed by atoms with Crippen LogP contribution in [0, 0.1) is 0 Å². The van der Waals surface area contributed by atoms with Crippen LogP contribution < -0.4 is 0 Å². The highest BCUT2D eigenvalue weighted by Gasteiger charge is 2.51. The summed E-state index contributed by atoms with van der Waals surface area (Å²) in [7, 11) is 0. The van der Waals surface area contributed by atoms with Crippen molar-refractivity contribution >= 4 is 28.7 Å². The summed E-state index contributed by atoms with van der Waals surface area (Å²) in [6.45, 7) is -0.134. The Labute approximate surface area is 269 Å². The van der Waals surface area contributed by atoms with Gasteiger partial charge >= 0.3 is 5.97 Å². The molecule has 3 heterocycles. The van der Waals surface area contributed by atoms with Gasteiger partial charge in [0.1, 0.15) is 23.5 Å². The predicted octanol–water partition coefficient (Wildman–Crippen LogP) is 6.95. The number of aromatic nitrogens is 4. The molecule has 1 aliphatic rings. The van der Waals surface area contributed by atoms with E-state index in [-0.39, 0.29) is 23.0 Å². The van der Waals surface area contributed by atoms with E-state index in [0.29, 0.717) is 5.52 Å². The molecule has 10 heteroatoms. The molecule has 0 N–H and O–H groups in total. The molecule has 1 saturated heterocycles. The third-order valence-electron chi connectivity index (χ3n) is 8.11. The smallest absolute Gasteiger partial charge is 0.338 e. The van der Waals surface area contributed by atoms with E-state index in [4.69, 9.17) is 25.8 Å². The Morgan fingerprint density at radius 1 is 0.804 bits per heavy atom. The zero-order valence-corrected chi connectivity index (χ0v) is 25.2. The molecule has 4 unspecified atom stereocenters. The molecule has 4 atom stereocenters. The van der Waals surface area contributed by atoms with Crippen LogP contribution in [0.3, 0.4) is 0 Å². The molecule has 0 aliphatic carbocycles. The van der Waals surface area contributed by atoms with Crippen LogP contribution >= 0.6 is 11.6 Å². The topological polar surface area (TPSA) is 88.4 Å². The summed E-state index contributed by atoms with van der Waals surface area (Å²) in [5.74, 6) is -0.677. The van der Waals surface area contributed by atoms with Crippen molar-refractivity contribution < 1.29 is 23.4 Å². The lowest BCUT2D eigenvalue weighted by Gasteiger charge is -2.37. The number of halogens is 2. The molecular weight excluding hydrogens is 607 g/mol. The quantitative estimate of drug-likeness (QED) is 0.0966. The van der Waals surface area contributed by atoms with Gasteiger partial charge in [0.2, 0.25) is 0 Å². The summed E-state index contributed by atoms with van der Waals surface area (Å²) in [4.78, 5) is 25.8. The number of hydrogen-bond acceptors (Lipinski definition) is 7. The maximum Gasteiger partial charge on any atom is 0.338 e. The first-order valence-electron chi connectivity index (χ1n) is 14.8. The number of imidazole rings is 1. The lowest BCUT2D eigenvalue weighted by atomic mass is 9.80. The molecule has 6 aromatic rings. The van der Waals surface area contributed by atoms with Crippen molar-refractivity contribution in [2.45, 2.75) is 30.2 Å². The molecule has 230 valence electrons. The number of carbonyl (C=O) groups excluding carboxylic acids is 1. The second-order valence-corrected chi connectivity index (χ2v) is 11.2. The first-order chi connectivity index (χ1) is 22.6. The molecule has 0 bridgehead atoms. The summed E-state index contributed by atoms with van der Waals surface area (Å²) in [6, 6.07) is 37.9. The van der Waals surface area contributed by atoms with E-state index in [2.05, 4.69) is 15.0 Å². The van der Waals surface area contributed by atoms with E-state index in [1.807, 2.05) is 91.0 Å². The van der Waals surface area contributed by atoms with Gasteiger partial charge in [0.15, 0.2) is 29.3 Å². The SMILES string of the molecule is O=C(OC1C(COC(c2ccccc2)(c2ccccc2)c2ccccc2)OC(n2cnc3c(Cl)ncnc32)C1F)c1ccccc1. The van der Waals surface area contributed by atoms with Crippen molar-refractivity contribution in [2.24, 2.45) is 0 Å². The second-order valence-electron chi connectivity index (χ2n) is 10.8. The first kappa shape index (κ1) is 29.7. The Morgan fingerprint density at radius 2 is 1.35 bits per heavy atom. The van der Waals surface area contributed by atoms with Gasteiger partial charge in [-0.25, -0.2) is 24.1 Å². The van der Waals surface area contributed by atoms with Gasteiger partial charge in [-0.15, -0.1) is 0 Å². The van der Waals surface area contributed by atoms with E-state index in [0.717, 1.165) is 16.7 Å². The van der Waals surface area contributed by atoms with Crippen LogP contribution in [0.2, 0.25) is 5.15 Å². The van der Waals surface area contributed by atoms with Crippen molar-refractivity contribution in [3.8, 4) is 0 Å². The van der Waals surface area contributed by atoms with Gasteiger partial charge in [0.25, 0.3) is 0 Å². The molecule has 8 nitrogen and oxygen atoms in total. The average molecular weight is 635 g/mol. The second kappa shape index (κ2) is 12.8. The summed E-state index contributed by atoms with van der Waals surface area (Å²) in [5.41, 5.74) is 2.37. The number of nitrogens with zero attached hydrogens (tertiary/aromatic N) is 4. The Bertz CT molecular complexity index is 1830.